The van der Waals surface area contributed by atoms with Crippen molar-refractivity contribution < 1.29 is 0 Å². The maximum Gasteiger partial charge on any atom is 0.0889 e. The third-order valence-corrected chi connectivity index (χ3v) is 2.45. The van der Waals surface area contributed by atoms with Crippen molar-refractivity contribution in [3.8, 4) is 0 Å². The molecule has 0 saturated carbocycles. The topological polar surface area (TPSA) is 36.8 Å². The van der Waals surface area contributed by atoms with Crippen molar-refractivity contribution in [3.05, 3.63) is 58.6 Å². The zero-order chi connectivity index (χ0) is 12.1. The third kappa shape index (κ3) is 3.73. The van der Waals surface area contributed by atoms with Crippen molar-refractivity contribution in [1.82, 2.24) is 0 Å². The second kappa shape index (κ2) is 5.66. The first-order chi connectivity index (χ1) is 8.24. The van der Waals surface area contributed by atoms with Crippen LogP contribution in [0.1, 0.15) is 0 Å². The van der Waals surface area contributed by atoms with Crippen LogP contribution in [-0.4, -0.2) is 0 Å². The summed E-state index contributed by atoms with van der Waals surface area (Å²) in [6.45, 7) is 0. The van der Waals surface area contributed by atoms with Crippen LogP contribution in [-0.2, 0) is 0 Å². The molecule has 0 bridgehead atoms. The summed E-state index contributed by atoms with van der Waals surface area (Å²) in [5.41, 5.74) is 4.25. The van der Waals surface area contributed by atoms with E-state index in [1.165, 1.54) is 0 Å². The molecule has 2 aromatic carbocycles. The lowest BCUT2D eigenvalue weighted by Gasteiger charge is -1.98. The van der Waals surface area contributed by atoms with Gasteiger partial charge in [-0.1, -0.05) is 40.6 Å². The summed E-state index contributed by atoms with van der Waals surface area (Å²) in [5, 5.41) is 9.11. The Kier molecular flexibility index (Phi) is 3.96. The average Bonchev–Trinajstić information content (AvgIpc) is 2.29. The van der Waals surface area contributed by atoms with Gasteiger partial charge in [0.05, 0.1) is 11.4 Å². The van der Waals surface area contributed by atoms with Gasteiger partial charge in [0, 0.05) is 10.0 Å². The van der Waals surface area contributed by atoms with E-state index in [0.29, 0.717) is 15.7 Å². The largest absolute Gasteiger partial charge is 0.260 e. The van der Waals surface area contributed by atoms with Crippen LogP contribution >= 0.6 is 23.2 Å². The molecular weight excluding hydrogens is 257 g/mol. The van der Waals surface area contributed by atoms with Gasteiger partial charge in [-0.2, -0.15) is 0 Å². The monoisotopic (exact) mass is 265 g/mol. The Balaban J connectivity index is 2.03. The summed E-state index contributed by atoms with van der Waals surface area (Å²) in [6, 6.07) is 14.4. The number of anilines is 1. The van der Waals surface area contributed by atoms with Crippen LogP contribution in [0.15, 0.2) is 58.9 Å². The van der Waals surface area contributed by atoms with Crippen molar-refractivity contribution in [2.24, 2.45) is 10.3 Å². The van der Waals surface area contributed by atoms with E-state index >= 15 is 0 Å². The van der Waals surface area contributed by atoms with Gasteiger partial charge < -0.3 is 0 Å². The van der Waals surface area contributed by atoms with E-state index in [1.807, 2.05) is 24.3 Å². The molecule has 86 valence electrons. The van der Waals surface area contributed by atoms with Crippen molar-refractivity contribution in [2.75, 3.05) is 5.43 Å². The first kappa shape index (κ1) is 11.9. The third-order valence-electron chi connectivity index (χ3n) is 1.98. The summed E-state index contributed by atoms with van der Waals surface area (Å²) in [5.74, 6) is 0. The van der Waals surface area contributed by atoms with Gasteiger partial charge in [-0.05, 0) is 36.4 Å². The number of halogens is 2. The van der Waals surface area contributed by atoms with Crippen molar-refractivity contribution in [3.63, 3.8) is 0 Å². The Hall–Kier alpha value is -1.58. The van der Waals surface area contributed by atoms with Gasteiger partial charge in [0.15, 0.2) is 0 Å². The molecule has 0 radical (unpaired) electrons. The molecule has 0 spiro atoms. The van der Waals surface area contributed by atoms with Gasteiger partial charge in [0.25, 0.3) is 0 Å². The van der Waals surface area contributed by atoms with E-state index < -0.39 is 0 Å². The number of rotatable bonds is 3. The van der Waals surface area contributed by atoms with Crippen LogP contribution in [0.5, 0.6) is 0 Å². The highest BCUT2D eigenvalue weighted by molar-refractivity contribution is 6.31. The van der Waals surface area contributed by atoms with Crippen LogP contribution in [0.25, 0.3) is 0 Å². The van der Waals surface area contributed by atoms with Crippen LogP contribution in [0.2, 0.25) is 10.0 Å². The highest BCUT2D eigenvalue weighted by atomic mass is 35.5. The van der Waals surface area contributed by atoms with Gasteiger partial charge >= 0.3 is 0 Å². The molecule has 0 aliphatic carbocycles. The molecule has 0 heterocycles. The molecule has 0 aromatic heterocycles. The minimum Gasteiger partial charge on any atom is -0.260 e. The van der Waals surface area contributed by atoms with Gasteiger partial charge in [0.2, 0.25) is 0 Å². The fourth-order valence-corrected chi connectivity index (χ4v) is 1.61. The standard InChI is InChI=1S/C12H9Cl2N3/c13-9-3-1-5-11(7-9)15-17-16-12-6-2-4-10(14)8-12/h1-8H,(H,15,16). The molecule has 2 rings (SSSR count). The van der Waals surface area contributed by atoms with Gasteiger partial charge in [-0.3, -0.25) is 5.43 Å². The Morgan fingerprint density at radius 1 is 0.882 bits per heavy atom. The van der Waals surface area contributed by atoms with Crippen molar-refractivity contribution in [2.45, 2.75) is 0 Å². The maximum absolute atomic E-state index is 5.83. The molecule has 2 aromatic rings. The lowest BCUT2D eigenvalue weighted by Crippen LogP contribution is -1.85. The van der Waals surface area contributed by atoms with E-state index in [2.05, 4.69) is 15.8 Å². The Morgan fingerprint density at radius 2 is 1.59 bits per heavy atom. The maximum atomic E-state index is 5.83. The minimum absolute atomic E-state index is 0.629. The fraction of sp³-hybridized carbons (Fsp3) is 0. The summed E-state index contributed by atoms with van der Waals surface area (Å²) >= 11 is 11.7. The quantitative estimate of drug-likeness (QED) is 0.608. The molecule has 0 unspecified atom stereocenters. The second-order valence-electron chi connectivity index (χ2n) is 3.30. The molecule has 0 aliphatic rings. The average molecular weight is 266 g/mol. The predicted octanol–water partition coefficient (Wildman–Crippen LogP) is 5.10. The summed E-state index contributed by atoms with van der Waals surface area (Å²) < 4.78 is 0. The molecule has 0 aliphatic heterocycles. The predicted molar refractivity (Wildman–Crippen MR) is 71.0 cm³/mol. The van der Waals surface area contributed by atoms with Crippen LogP contribution in [0.4, 0.5) is 11.4 Å². The van der Waals surface area contributed by atoms with Crippen LogP contribution < -0.4 is 5.43 Å². The minimum atomic E-state index is 0.629. The molecule has 0 amide bonds. The lowest BCUT2D eigenvalue weighted by molar-refractivity contribution is 1.13. The Morgan fingerprint density at radius 3 is 2.29 bits per heavy atom. The van der Waals surface area contributed by atoms with E-state index in [9.17, 15) is 0 Å². The van der Waals surface area contributed by atoms with Crippen LogP contribution in [0.3, 0.4) is 0 Å². The SMILES string of the molecule is Clc1cccc(N=NNc2cccc(Cl)c2)c1. The summed E-state index contributed by atoms with van der Waals surface area (Å²) in [6.07, 6.45) is 0. The molecule has 0 fully saturated rings. The van der Waals surface area contributed by atoms with Crippen LogP contribution in [0, 0.1) is 0 Å². The Bertz CT molecular complexity index is 541. The fourth-order valence-electron chi connectivity index (χ4n) is 1.24. The molecular formula is C12H9Cl2N3. The smallest absolute Gasteiger partial charge is 0.0889 e. The van der Waals surface area contributed by atoms with Crippen molar-refractivity contribution >= 4 is 34.6 Å². The normalized spacial score (nSPS) is 10.7. The highest BCUT2D eigenvalue weighted by Crippen LogP contribution is 2.19. The number of nitrogens with one attached hydrogen (secondary N) is 1. The first-order valence-electron chi connectivity index (χ1n) is 4.92. The number of nitrogens with zero attached hydrogens (tertiary/aromatic N) is 2. The zero-order valence-electron chi connectivity index (χ0n) is 8.77. The zero-order valence-corrected chi connectivity index (χ0v) is 10.3. The van der Waals surface area contributed by atoms with Gasteiger partial charge in [-0.15, -0.1) is 5.11 Å². The van der Waals surface area contributed by atoms with E-state index in [4.69, 9.17) is 23.2 Å². The van der Waals surface area contributed by atoms with E-state index in [0.717, 1.165) is 5.69 Å². The van der Waals surface area contributed by atoms with Gasteiger partial charge in [0.1, 0.15) is 0 Å². The molecule has 5 heteroatoms. The second-order valence-corrected chi connectivity index (χ2v) is 4.17. The number of hydrogen-bond donors (Lipinski definition) is 1. The molecule has 0 saturated heterocycles. The number of benzene rings is 2. The van der Waals surface area contributed by atoms with Gasteiger partial charge in [-0.25, -0.2) is 0 Å². The number of hydrogen-bond acceptors (Lipinski definition) is 2. The van der Waals surface area contributed by atoms with E-state index in [1.54, 1.807) is 24.3 Å². The summed E-state index contributed by atoms with van der Waals surface area (Å²) in [4.78, 5) is 0. The molecule has 1 N–H and O–H groups in total. The Labute approximate surface area is 109 Å². The van der Waals surface area contributed by atoms with E-state index in [-0.39, 0.29) is 0 Å². The molecule has 0 atom stereocenters. The first-order valence-corrected chi connectivity index (χ1v) is 5.67. The summed E-state index contributed by atoms with van der Waals surface area (Å²) in [7, 11) is 0. The molecule has 17 heavy (non-hydrogen) atoms. The molecule has 3 nitrogen and oxygen atoms in total. The van der Waals surface area contributed by atoms with Crippen molar-refractivity contribution in [1.29, 1.82) is 0 Å². The lowest BCUT2D eigenvalue weighted by atomic mass is 10.3. The highest BCUT2D eigenvalue weighted by Gasteiger charge is 1.92.